The molecule has 5 nitrogen and oxygen atoms in total. The number of thiazole rings is 1. The Morgan fingerprint density at radius 1 is 0.923 bits per heavy atom. The highest BCUT2D eigenvalue weighted by atomic mass is 32.1. The maximum atomic E-state index is 9.38. The lowest BCUT2D eigenvalue weighted by Crippen LogP contribution is -1.97. The Hall–Kier alpha value is -3.25. The van der Waals surface area contributed by atoms with Crippen LogP contribution in [0.15, 0.2) is 66.9 Å². The number of hydrogen-bond donors (Lipinski definition) is 2. The van der Waals surface area contributed by atoms with Gasteiger partial charge in [0, 0.05) is 17.4 Å². The number of phenolic OH excluding ortho intramolecular Hbond substituents is 1. The molecule has 2 aromatic carbocycles. The average Bonchev–Trinajstić information content (AvgIpc) is 3.06. The molecule has 6 heteroatoms. The molecule has 0 aliphatic heterocycles. The van der Waals surface area contributed by atoms with Crippen molar-refractivity contribution in [1.82, 2.24) is 15.0 Å². The highest BCUT2D eigenvalue weighted by molar-refractivity contribution is 7.18. The van der Waals surface area contributed by atoms with Gasteiger partial charge in [-0.05, 0) is 37.3 Å². The van der Waals surface area contributed by atoms with Gasteiger partial charge < -0.3 is 10.4 Å². The second-order valence-corrected chi connectivity index (χ2v) is 6.74. The van der Waals surface area contributed by atoms with Gasteiger partial charge >= 0.3 is 0 Å². The molecule has 0 aliphatic rings. The Morgan fingerprint density at radius 2 is 1.69 bits per heavy atom. The summed E-state index contributed by atoms with van der Waals surface area (Å²) in [4.78, 5) is 14.6. The summed E-state index contributed by atoms with van der Waals surface area (Å²) in [5.74, 6) is 0.723. The quantitative estimate of drug-likeness (QED) is 0.500. The van der Waals surface area contributed by atoms with E-state index >= 15 is 0 Å². The molecule has 2 heterocycles. The number of nitrogens with zero attached hydrogens (tertiary/aromatic N) is 3. The van der Waals surface area contributed by atoms with Gasteiger partial charge in [-0.3, -0.25) is 0 Å². The molecule has 0 unspecified atom stereocenters. The summed E-state index contributed by atoms with van der Waals surface area (Å²) >= 11 is 1.62. The molecule has 0 bridgehead atoms. The van der Waals surface area contributed by atoms with Crippen molar-refractivity contribution in [3.05, 3.63) is 72.6 Å². The molecule has 128 valence electrons. The Balaban J connectivity index is 1.64. The van der Waals surface area contributed by atoms with Crippen LogP contribution in [0.3, 0.4) is 0 Å². The van der Waals surface area contributed by atoms with Gasteiger partial charge in [0.05, 0.1) is 16.3 Å². The van der Waals surface area contributed by atoms with Crippen LogP contribution in [-0.4, -0.2) is 20.1 Å². The minimum atomic E-state index is 0.221. The van der Waals surface area contributed by atoms with Crippen LogP contribution >= 0.6 is 11.3 Å². The molecule has 0 saturated carbocycles. The molecule has 0 radical (unpaired) electrons. The lowest BCUT2D eigenvalue weighted by Gasteiger charge is -2.06. The third-order valence-electron chi connectivity index (χ3n) is 3.83. The number of aromatic hydroxyl groups is 1. The van der Waals surface area contributed by atoms with Crippen LogP contribution in [0.1, 0.15) is 5.69 Å². The van der Waals surface area contributed by atoms with Gasteiger partial charge in [0.2, 0.25) is 5.95 Å². The molecule has 0 amide bonds. The lowest BCUT2D eigenvalue weighted by molar-refractivity contribution is 0.475. The monoisotopic (exact) mass is 360 g/mol. The zero-order chi connectivity index (χ0) is 17.9. The molecular formula is C20H16N4OS. The summed E-state index contributed by atoms with van der Waals surface area (Å²) in [7, 11) is 0. The molecular weight excluding hydrogens is 344 g/mol. The van der Waals surface area contributed by atoms with E-state index in [9.17, 15) is 5.11 Å². The SMILES string of the molecule is Cc1nc(-c2ccccc2)sc1-c1ccnc(Nc2ccc(O)cc2)n1. The zero-order valence-corrected chi connectivity index (χ0v) is 14.9. The maximum Gasteiger partial charge on any atom is 0.227 e. The number of anilines is 2. The highest BCUT2D eigenvalue weighted by Gasteiger charge is 2.13. The number of aromatic nitrogens is 3. The predicted octanol–water partition coefficient (Wildman–Crippen LogP) is 5.02. The van der Waals surface area contributed by atoms with Crippen LogP contribution in [0.4, 0.5) is 11.6 Å². The van der Waals surface area contributed by atoms with E-state index in [1.54, 1.807) is 41.8 Å². The number of benzene rings is 2. The van der Waals surface area contributed by atoms with Crippen molar-refractivity contribution in [2.24, 2.45) is 0 Å². The first-order chi connectivity index (χ1) is 12.7. The van der Waals surface area contributed by atoms with Crippen molar-refractivity contribution in [3.63, 3.8) is 0 Å². The first-order valence-corrected chi connectivity index (χ1v) is 8.93. The van der Waals surface area contributed by atoms with E-state index in [1.807, 2.05) is 31.2 Å². The van der Waals surface area contributed by atoms with E-state index in [4.69, 9.17) is 4.98 Å². The van der Waals surface area contributed by atoms with E-state index in [1.165, 1.54) is 0 Å². The Bertz CT molecular complexity index is 1030. The molecule has 2 N–H and O–H groups in total. The first kappa shape index (κ1) is 16.2. The van der Waals surface area contributed by atoms with Crippen molar-refractivity contribution in [1.29, 1.82) is 0 Å². The zero-order valence-electron chi connectivity index (χ0n) is 14.0. The van der Waals surface area contributed by atoms with Crippen LogP contribution in [0.5, 0.6) is 5.75 Å². The van der Waals surface area contributed by atoms with E-state index in [2.05, 4.69) is 27.4 Å². The van der Waals surface area contributed by atoms with Gasteiger partial charge in [-0.2, -0.15) is 0 Å². The standard InChI is InChI=1S/C20H16N4OS/c1-13-18(26-19(22-13)14-5-3-2-4-6-14)17-11-12-21-20(24-17)23-15-7-9-16(25)10-8-15/h2-12,25H,1H3,(H,21,23,24). The molecule has 0 spiro atoms. The predicted molar refractivity (Wildman–Crippen MR) is 105 cm³/mol. The number of rotatable bonds is 4. The summed E-state index contributed by atoms with van der Waals surface area (Å²) in [6.45, 7) is 1.99. The van der Waals surface area contributed by atoms with Crippen LogP contribution in [0.25, 0.3) is 21.1 Å². The van der Waals surface area contributed by atoms with Crippen LogP contribution in [-0.2, 0) is 0 Å². The summed E-state index contributed by atoms with van der Waals surface area (Å²) < 4.78 is 0. The summed E-state index contributed by atoms with van der Waals surface area (Å²) in [5, 5.41) is 13.5. The minimum absolute atomic E-state index is 0.221. The van der Waals surface area contributed by atoms with Crippen molar-refractivity contribution >= 4 is 23.0 Å². The van der Waals surface area contributed by atoms with Gasteiger partial charge in [-0.25, -0.2) is 15.0 Å². The minimum Gasteiger partial charge on any atom is -0.508 e. The smallest absolute Gasteiger partial charge is 0.227 e. The van der Waals surface area contributed by atoms with Crippen molar-refractivity contribution < 1.29 is 5.11 Å². The largest absolute Gasteiger partial charge is 0.508 e. The Labute approximate surface area is 155 Å². The first-order valence-electron chi connectivity index (χ1n) is 8.11. The van der Waals surface area contributed by atoms with E-state index in [-0.39, 0.29) is 5.75 Å². The molecule has 4 aromatic rings. The van der Waals surface area contributed by atoms with Crippen LogP contribution in [0, 0.1) is 6.92 Å². The molecule has 0 fully saturated rings. The van der Waals surface area contributed by atoms with Gasteiger partial charge in [0.1, 0.15) is 10.8 Å². The van der Waals surface area contributed by atoms with E-state index in [0.717, 1.165) is 32.5 Å². The van der Waals surface area contributed by atoms with Crippen LogP contribution < -0.4 is 5.32 Å². The molecule has 2 aromatic heterocycles. The third-order valence-corrected chi connectivity index (χ3v) is 5.06. The molecule has 0 atom stereocenters. The average molecular weight is 360 g/mol. The van der Waals surface area contributed by atoms with Crippen molar-refractivity contribution in [2.75, 3.05) is 5.32 Å². The maximum absolute atomic E-state index is 9.38. The normalized spacial score (nSPS) is 10.7. The fourth-order valence-electron chi connectivity index (χ4n) is 2.56. The Kier molecular flexibility index (Phi) is 4.33. The fraction of sp³-hybridized carbons (Fsp3) is 0.0500. The highest BCUT2D eigenvalue weighted by Crippen LogP contribution is 2.34. The van der Waals surface area contributed by atoms with E-state index in [0.29, 0.717) is 5.95 Å². The topological polar surface area (TPSA) is 70.9 Å². The second-order valence-electron chi connectivity index (χ2n) is 5.74. The summed E-state index contributed by atoms with van der Waals surface area (Å²) in [6.07, 6.45) is 1.73. The van der Waals surface area contributed by atoms with Gasteiger partial charge in [-0.1, -0.05) is 30.3 Å². The molecule has 26 heavy (non-hydrogen) atoms. The number of nitrogens with one attached hydrogen (secondary N) is 1. The lowest BCUT2D eigenvalue weighted by atomic mass is 10.2. The summed E-state index contributed by atoms with van der Waals surface area (Å²) in [5.41, 5.74) is 3.69. The van der Waals surface area contributed by atoms with Crippen LogP contribution in [0.2, 0.25) is 0 Å². The molecule has 0 saturated heterocycles. The third kappa shape index (κ3) is 3.41. The second kappa shape index (κ2) is 6.93. The number of phenols is 1. The van der Waals surface area contributed by atoms with Gasteiger partial charge in [0.25, 0.3) is 0 Å². The fourth-order valence-corrected chi connectivity index (χ4v) is 3.60. The Morgan fingerprint density at radius 3 is 2.46 bits per heavy atom. The number of hydrogen-bond acceptors (Lipinski definition) is 6. The summed E-state index contributed by atoms with van der Waals surface area (Å²) in [6, 6.07) is 18.8. The van der Waals surface area contributed by atoms with Gasteiger partial charge in [0.15, 0.2) is 0 Å². The number of aryl methyl sites for hydroxylation is 1. The molecule has 4 rings (SSSR count). The molecule has 0 aliphatic carbocycles. The van der Waals surface area contributed by atoms with E-state index < -0.39 is 0 Å². The van der Waals surface area contributed by atoms with Crippen molar-refractivity contribution in [3.8, 4) is 26.9 Å². The van der Waals surface area contributed by atoms with Crippen molar-refractivity contribution in [2.45, 2.75) is 6.92 Å². The van der Waals surface area contributed by atoms with Gasteiger partial charge in [-0.15, -0.1) is 11.3 Å².